The maximum absolute atomic E-state index is 5.47. The Labute approximate surface area is 112 Å². The van der Waals surface area contributed by atoms with E-state index >= 15 is 0 Å². The Kier molecular flexibility index (Phi) is 6.10. The summed E-state index contributed by atoms with van der Waals surface area (Å²) in [6.07, 6.45) is 7.54. The molecule has 0 aliphatic heterocycles. The van der Waals surface area contributed by atoms with Crippen LogP contribution in [0.1, 0.15) is 25.3 Å². The Morgan fingerprint density at radius 2 is 2.29 bits per heavy atom. The van der Waals surface area contributed by atoms with Gasteiger partial charge in [-0.25, -0.2) is 0 Å². The fourth-order valence-corrected chi connectivity index (χ4v) is 2.06. The first-order valence-electron chi connectivity index (χ1n) is 5.73. The van der Waals surface area contributed by atoms with Gasteiger partial charge in [0, 0.05) is 16.6 Å². The van der Waals surface area contributed by atoms with E-state index in [4.69, 9.17) is 11.2 Å². The Bertz CT molecular complexity index is 398. The zero-order chi connectivity index (χ0) is 12.7. The average Bonchev–Trinajstić information content (AvgIpc) is 2.34. The molecule has 0 bridgehead atoms. The van der Waals surface area contributed by atoms with Gasteiger partial charge in [0.1, 0.15) is 5.75 Å². The smallest absolute Gasteiger partial charge is 0.123 e. The maximum atomic E-state index is 5.47. The van der Waals surface area contributed by atoms with Gasteiger partial charge in [-0.3, -0.25) is 5.32 Å². The standard InChI is InChI=1S/C14H18BrNO/c1-4-6-13(5-2)16-10-11-9-12(15)7-8-14(11)17-3/h2,7-9,13,16H,4,6,10H2,1,3H3. The molecule has 0 heterocycles. The van der Waals surface area contributed by atoms with Gasteiger partial charge in [0.05, 0.1) is 13.2 Å². The van der Waals surface area contributed by atoms with Crippen LogP contribution in [0.4, 0.5) is 0 Å². The van der Waals surface area contributed by atoms with Crippen LogP contribution in [0.2, 0.25) is 0 Å². The predicted octanol–water partition coefficient (Wildman–Crippen LogP) is 3.35. The summed E-state index contributed by atoms with van der Waals surface area (Å²) in [5, 5.41) is 3.35. The van der Waals surface area contributed by atoms with Crippen LogP contribution in [-0.2, 0) is 6.54 Å². The van der Waals surface area contributed by atoms with Crippen molar-refractivity contribution < 1.29 is 4.74 Å². The SMILES string of the molecule is C#CC(CCC)NCc1cc(Br)ccc1OC. The van der Waals surface area contributed by atoms with Crippen LogP contribution in [-0.4, -0.2) is 13.2 Å². The van der Waals surface area contributed by atoms with Gasteiger partial charge in [-0.2, -0.15) is 0 Å². The number of ether oxygens (including phenoxy) is 1. The number of benzene rings is 1. The lowest BCUT2D eigenvalue weighted by Gasteiger charge is -2.14. The Morgan fingerprint density at radius 3 is 2.88 bits per heavy atom. The van der Waals surface area contributed by atoms with E-state index in [-0.39, 0.29) is 6.04 Å². The molecule has 0 fully saturated rings. The molecule has 1 unspecified atom stereocenters. The summed E-state index contributed by atoms with van der Waals surface area (Å²) in [5.41, 5.74) is 1.11. The molecule has 1 aromatic carbocycles. The van der Waals surface area contributed by atoms with E-state index in [1.807, 2.05) is 18.2 Å². The van der Waals surface area contributed by atoms with Gasteiger partial charge in [0.25, 0.3) is 0 Å². The molecule has 0 aromatic heterocycles. The third-order valence-electron chi connectivity index (χ3n) is 2.56. The van der Waals surface area contributed by atoms with Crippen LogP contribution in [0.3, 0.4) is 0 Å². The molecule has 2 nitrogen and oxygen atoms in total. The molecular weight excluding hydrogens is 278 g/mol. The predicted molar refractivity (Wildman–Crippen MR) is 75.1 cm³/mol. The first-order valence-corrected chi connectivity index (χ1v) is 6.52. The second kappa shape index (κ2) is 7.37. The minimum Gasteiger partial charge on any atom is -0.496 e. The second-order valence-corrected chi connectivity index (χ2v) is 4.76. The summed E-state index contributed by atoms with van der Waals surface area (Å²) in [4.78, 5) is 0. The lowest BCUT2D eigenvalue weighted by Crippen LogP contribution is -2.26. The molecule has 0 saturated carbocycles. The highest BCUT2D eigenvalue weighted by Crippen LogP contribution is 2.22. The van der Waals surface area contributed by atoms with Crippen molar-refractivity contribution in [3.8, 4) is 18.1 Å². The summed E-state index contributed by atoms with van der Waals surface area (Å²) in [6, 6.07) is 6.09. The molecule has 3 heteroatoms. The molecule has 0 aliphatic rings. The van der Waals surface area contributed by atoms with Crippen molar-refractivity contribution in [1.29, 1.82) is 0 Å². The second-order valence-electron chi connectivity index (χ2n) is 3.84. The summed E-state index contributed by atoms with van der Waals surface area (Å²) >= 11 is 3.46. The van der Waals surface area contributed by atoms with E-state index in [0.29, 0.717) is 0 Å². The summed E-state index contributed by atoms with van der Waals surface area (Å²) in [7, 11) is 1.68. The molecule has 0 radical (unpaired) electrons. The molecule has 1 rings (SSSR count). The summed E-state index contributed by atoms with van der Waals surface area (Å²) < 4.78 is 6.36. The van der Waals surface area contributed by atoms with Crippen LogP contribution in [0.15, 0.2) is 22.7 Å². The van der Waals surface area contributed by atoms with Crippen molar-refractivity contribution in [3.63, 3.8) is 0 Å². The van der Waals surface area contributed by atoms with E-state index in [1.54, 1.807) is 7.11 Å². The lowest BCUT2D eigenvalue weighted by atomic mass is 10.1. The number of methoxy groups -OCH3 is 1. The zero-order valence-corrected chi connectivity index (χ0v) is 11.9. The Morgan fingerprint density at radius 1 is 1.53 bits per heavy atom. The topological polar surface area (TPSA) is 21.3 Å². The van der Waals surface area contributed by atoms with E-state index in [0.717, 1.165) is 35.2 Å². The van der Waals surface area contributed by atoms with Gasteiger partial charge in [0.15, 0.2) is 0 Å². The molecule has 1 atom stereocenters. The molecule has 1 aromatic rings. The molecule has 0 aliphatic carbocycles. The van der Waals surface area contributed by atoms with Crippen LogP contribution in [0.25, 0.3) is 0 Å². The summed E-state index contributed by atoms with van der Waals surface area (Å²) in [6.45, 7) is 2.85. The molecule has 0 spiro atoms. The minimum absolute atomic E-state index is 0.128. The molecule has 1 N–H and O–H groups in total. The van der Waals surface area contributed by atoms with Crippen molar-refractivity contribution in [2.75, 3.05) is 7.11 Å². The van der Waals surface area contributed by atoms with Gasteiger partial charge < -0.3 is 4.74 Å². The third-order valence-corrected chi connectivity index (χ3v) is 3.05. The number of halogens is 1. The molecule has 0 saturated heterocycles. The summed E-state index contributed by atoms with van der Waals surface area (Å²) in [5.74, 6) is 3.64. The third kappa shape index (κ3) is 4.41. The van der Waals surface area contributed by atoms with Crippen molar-refractivity contribution >= 4 is 15.9 Å². The van der Waals surface area contributed by atoms with Crippen molar-refractivity contribution in [3.05, 3.63) is 28.2 Å². The number of rotatable bonds is 6. The number of hydrogen-bond donors (Lipinski definition) is 1. The lowest BCUT2D eigenvalue weighted by molar-refractivity contribution is 0.406. The van der Waals surface area contributed by atoms with Gasteiger partial charge in [0.2, 0.25) is 0 Å². The van der Waals surface area contributed by atoms with Gasteiger partial charge in [-0.1, -0.05) is 35.2 Å². The fourth-order valence-electron chi connectivity index (χ4n) is 1.65. The highest BCUT2D eigenvalue weighted by atomic mass is 79.9. The fraction of sp³-hybridized carbons (Fsp3) is 0.429. The Hall–Kier alpha value is -0.980. The van der Waals surface area contributed by atoms with Gasteiger partial charge >= 0.3 is 0 Å². The minimum atomic E-state index is 0.128. The molecular formula is C14H18BrNO. The molecule has 17 heavy (non-hydrogen) atoms. The highest BCUT2D eigenvalue weighted by molar-refractivity contribution is 9.10. The monoisotopic (exact) mass is 295 g/mol. The quantitative estimate of drug-likeness (QED) is 0.813. The first kappa shape index (κ1) is 14.1. The first-order chi connectivity index (χ1) is 8.21. The Balaban J connectivity index is 2.67. The maximum Gasteiger partial charge on any atom is 0.123 e. The van der Waals surface area contributed by atoms with Crippen molar-refractivity contribution in [2.24, 2.45) is 0 Å². The van der Waals surface area contributed by atoms with E-state index in [2.05, 4.69) is 34.1 Å². The van der Waals surface area contributed by atoms with E-state index in [9.17, 15) is 0 Å². The van der Waals surface area contributed by atoms with Crippen LogP contribution in [0.5, 0.6) is 5.75 Å². The number of terminal acetylenes is 1. The molecule has 0 amide bonds. The van der Waals surface area contributed by atoms with Crippen molar-refractivity contribution in [2.45, 2.75) is 32.4 Å². The van der Waals surface area contributed by atoms with Crippen LogP contribution in [0, 0.1) is 12.3 Å². The van der Waals surface area contributed by atoms with Gasteiger partial charge in [-0.05, 0) is 24.6 Å². The van der Waals surface area contributed by atoms with Crippen molar-refractivity contribution in [1.82, 2.24) is 5.32 Å². The zero-order valence-electron chi connectivity index (χ0n) is 10.3. The van der Waals surface area contributed by atoms with E-state index < -0.39 is 0 Å². The van der Waals surface area contributed by atoms with Crippen LogP contribution < -0.4 is 10.1 Å². The highest BCUT2D eigenvalue weighted by Gasteiger charge is 2.07. The largest absolute Gasteiger partial charge is 0.496 e. The number of hydrogen-bond acceptors (Lipinski definition) is 2. The number of nitrogens with one attached hydrogen (secondary N) is 1. The van der Waals surface area contributed by atoms with Crippen LogP contribution >= 0.6 is 15.9 Å². The van der Waals surface area contributed by atoms with E-state index in [1.165, 1.54) is 0 Å². The molecule has 92 valence electrons. The normalized spacial score (nSPS) is 11.9. The average molecular weight is 296 g/mol. The van der Waals surface area contributed by atoms with Gasteiger partial charge in [-0.15, -0.1) is 6.42 Å².